The Balaban J connectivity index is 2.01. The number of anilines is 1. The molecular formula is C8H9ClN4. The Labute approximate surface area is 81.0 Å². The van der Waals surface area contributed by atoms with Gasteiger partial charge in [-0.25, -0.2) is 4.98 Å². The van der Waals surface area contributed by atoms with Crippen molar-refractivity contribution in [3.8, 4) is 0 Å². The first kappa shape index (κ1) is 8.44. The zero-order valence-electron chi connectivity index (χ0n) is 7.00. The molecule has 1 heterocycles. The molecule has 0 bridgehead atoms. The summed E-state index contributed by atoms with van der Waals surface area (Å²) < 4.78 is 0. The molecule has 0 aromatic carbocycles. The summed E-state index contributed by atoms with van der Waals surface area (Å²) in [6.45, 7) is 0. The van der Waals surface area contributed by atoms with Crippen LogP contribution in [0.15, 0.2) is 17.5 Å². The summed E-state index contributed by atoms with van der Waals surface area (Å²) in [6, 6.07) is 0. The second-order valence-electron chi connectivity index (χ2n) is 2.87. The molecule has 1 aromatic rings. The van der Waals surface area contributed by atoms with Crippen LogP contribution in [0.2, 0.25) is 5.15 Å². The Hall–Kier alpha value is -1.16. The minimum atomic E-state index is 0.374. The Morgan fingerprint density at radius 3 is 2.85 bits per heavy atom. The summed E-state index contributed by atoms with van der Waals surface area (Å²) in [5, 5.41) is 4.52. The molecule has 1 saturated carbocycles. The predicted octanol–water partition coefficient (Wildman–Crippen LogP) is 2.08. The molecule has 2 rings (SSSR count). The molecule has 0 aliphatic heterocycles. The number of hydrazone groups is 1. The highest BCUT2D eigenvalue weighted by Gasteiger charge is 2.09. The van der Waals surface area contributed by atoms with Crippen molar-refractivity contribution < 1.29 is 0 Å². The van der Waals surface area contributed by atoms with Crippen LogP contribution in [0.3, 0.4) is 0 Å². The molecule has 68 valence electrons. The van der Waals surface area contributed by atoms with Crippen LogP contribution in [0.1, 0.15) is 19.3 Å². The minimum absolute atomic E-state index is 0.374. The summed E-state index contributed by atoms with van der Waals surface area (Å²) in [4.78, 5) is 7.87. The van der Waals surface area contributed by atoms with E-state index in [9.17, 15) is 0 Å². The van der Waals surface area contributed by atoms with Gasteiger partial charge in [0.25, 0.3) is 0 Å². The van der Waals surface area contributed by atoms with Gasteiger partial charge in [-0.2, -0.15) is 5.10 Å². The largest absolute Gasteiger partial charge is 0.260 e. The lowest BCUT2D eigenvalue weighted by Gasteiger charge is -2.13. The van der Waals surface area contributed by atoms with Crippen molar-refractivity contribution in [3.05, 3.63) is 17.5 Å². The summed E-state index contributed by atoms with van der Waals surface area (Å²) in [6.07, 6.45) is 6.49. The van der Waals surface area contributed by atoms with E-state index in [2.05, 4.69) is 20.5 Å². The maximum atomic E-state index is 5.65. The molecule has 0 unspecified atom stereocenters. The van der Waals surface area contributed by atoms with Crippen LogP contribution in [0.4, 0.5) is 5.82 Å². The third kappa shape index (κ3) is 2.15. The van der Waals surface area contributed by atoms with Gasteiger partial charge in [0.1, 0.15) is 5.15 Å². The van der Waals surface area contributed by atoms with Crippen LogP contribution in [0.25, 0.3) is 0 Å². The number of nitrogens with one attached hydrogen (secondary N) is 1. The third-order valence-corrected chi connectivity index (χ3v) is 2.05. The summed E-state index contributed by atoms with van der Waals surface area (Å²) in [7, 11) is 0. The van der Waals surface area contributed by atoms with Crippen molar-refractivity contribution in [2.75, 3.05) is 5.43 Å². The van der Waals surface area contributed by atoms with Crippen molar-refractivity contribution in [2.24, 2.45) is 5.10 Å². The maximum Gasteiger partial charge on any atom is 0.166 e. The molecule has 0 radical (unpaired) electrons. The number of halogens is 1. The summed E-state index contributed by atoms with van der Waals surface area (Å²) in [5.41, 5.74) is 4.00. The van der Waals surface area contributed by atoms with Gasteiger partial charge < -0.3 is 0 Å². The third-order valence-electron chi connectivity index (χ3n) is 1.86. The molecule has 13 heavy (non-hydrogen) atoms. The first-order valence-electron chi connectivity index (χ1n) is 4.13. The molecule has 1 fully saturated rings. The van der Waals surface area contributed by atoms with Gasteiger partial charge >= 0.3 is 0 Å². The van der Waals surface area contributed by atoms with E-state index >= 15 is 0 Å². The zero-order valence-corrected chi connectivity index (χ0v) is 7.75. The lowest BCUT2D eigenvalue weighted by atomic mass is 9.98. The molecule has 1 aromatic heterocycles. The number of aromatic nitrogens is 2. The Morgan fingerprint density at radius 1 is 1.38 bits per heavy atom. The van der Waals surface area contributed by atoms with E-state index < -0.39 is 0 Å². The number of hydrogen-bond donors (Lipinski definition) is 1. The zero-order chi connectivity index (χ0) is 9.10. The summed E-state index contributed by atoms with van der Waals surface area (Å²) >= 11 is 5.65. The highest BCUT2D eigenvalue weighted by atomic mass is 35.5. The van der Waals surface area contributed by atoms with Gasteiger partial charge in [0.2, 0.25) is 0 Å². The second-order valence-corrected chi connectivity index (χ2v) is 3.26. The quantitative estimate of drug-likeness (QED) is 0.737. The van der Waals surface area contributed by atoms with Crippen LogP contribution < -0.4 is 5.43 Å². The highest BCUT2D eigenvalue weighted by Crippen LogP contribution is 2.15. The molecule has 0 amide bonds. The lowest BCUT2D eigenvalue weighted by molar-refractivity contribution is 0.797. The van der Waals surface area contributed by atoms with Crippen LogP contribution >= 0.6 is 11.6 Å². The van der Waals surface area contributed by atoms with Gasteiger partial charge in [0, 0.05) is 5.71 Å². The minimum Gasteiger partial charge on any atom is -0.260 e. The van der Waals surface area contributed by atoms with Crippen molar-refractivity contribution in [1.82, 2.24) is 9.97 Å². The molecule has 0 atom stereocenters. The number of rotatable bonds is 2. The summed E-state index contributed by atoms with van der Waals surface area (Å²) in [5.74, 6) is 0.590. The first-order chi connectivity index (χ1) is 6.34. The molecule has 1 aliphatic rings. The fraction of sp³-hybridized carbons (Fsp3) is 0.375. The van der Waals surface area contributed by atoms with Crippen molar-refractivity contribution in [1.29, 1.82) is 0 Å². The first-order valence-corrected chi connectivity index (χ1v) is 4.51. The fourth-order valence-corrected chi connectivity index (χ4v) is 1.13. The van der Waals surface area contributed by atoms with Gasteiger partial charge in [0.15, 0.2) is 5.82 Å². The molecule has 0 saturated heterocycles. The van der Waals surface area contributed by atoms with Gasteiger partial charge in [-0.3, -0.25) is 10.4 Å². The number of hydrogen-bond acceptors (Lipinski definition) is 4. The van der Waals surface area contributed by atoms with E-state index in [0.717, 1.165) is 12.8 Å². The van der Waals surface area contributed by atoms with E-state index in [4.69, 9.17) is 11.6 Å². The second kappa shape index (κ2) is 3.70. The van der Waals surface area contributed by atoms with Gasteiger partial charge in [0.05, 0.1) is 12.4 Å². The molecule has 0 spiro atoms. The highest BCUT2D eigenvalue weighted by molar-refractivity contribution is 6.29. The van der Waals surface area contributed by atoms with E-state index in [1.54, 1.807) is 6.20 Å². The Morgan fingerprint density at radius 2 is 2.23 bits per heavy atom. The predicted molar refractivity (Wildman–Crippen MR) is 52.0 cm³/mol. The maximum absolute atomic E-state index is 5.65. The van der Waals surface area contributed by atoms with E-state index in [-0.39, 0.29) is 0 Å². The van der Waals surface area contributed by atoms with E-state index in [1.807, 2.05) is 0 Å². The normalized spacial score (nSPS) is 15.0. The molecule has 1 aliphatic carbocycles. The number of nitrogens with zero attached hydrogens (tertiary/aromatic N) is 3. The van der Waals surface area contributed by atoms with E-state index in [1.165, 1.54) is 18.3 Å². The average molecular weight is 197 g/mol. The van der Waals surface area contributed by atoms with Gasteiger partial charge in [-0.05, 0) is 19.3 Å². The van der Waals surface area contributed by atoms with Crippen LogP contribution in [-0.4, -0.2) is 15.7 Å². The molecule has 1 N–H and O–H groups in total. The van der Waals surface area contributed by atoms with Crippen molar-refractivity contribution in [2.45, 2.75) is 19.3 Å². The Bertz CT molecular complexity index is 331. The van der Waals surface area contributed by atoms with E-state index in [0.29, 0.717) is 11.0 Å². The van der Waals surface area contributed by atoms with Crippen molar-refractivity contribution in [3.63, 3.8) is 0 Å². The van der Waals surface area contributed by atoms with Gasteiger partial charge in [-0.1, -0.05) is 11.6 Å². The van der Waals surface area contributed by atoms with Crippen LogP contribution in [-0.2, 0) is 0 Å². The monoisotopic (exact) mass is 196 g/mol. The van der Waals surface area contributed by atoms with Crippen LogP contribution in [0, 0.1) is 0 Å². The van der Waals surface area contributed by atoms with Crippen molar-refractivity contribution >= 4 is 23.1 Å². The van der Waals surface area contributed by atoms with Crippen LogP contribution in [0.5, 0.6) is 0 Å². The molecule has 5 heteroatoms. The fourth-order valence-electron chi connectivity index (χ4n) is 0.979. The SMILES string of the molecule is Clc1cncc(NN=C2CCC2)n1. The average Bonchev–Trinajstić information content (AvgIpc) is 2.01. The standard InChI is InChI=1S/C8H9ClN4/c9-7-4-10-5-8(11-7)13-12-6-2-1-3-6/h4-5H,1-3H2,(H,11,13). The topological polar surface area (TPSA) is 50.2 Å². The molecular weight excluding hydrogens is 188 g/mol. The van der Waals surface area contributed by atoms with Gasteiger partial charge in [-0.15, -0.1) is 0 Å². The Kier molecular flexibility index (Phi) is 2.40. The molecule has 4 nitrogen and oxygen atoms in total. The lowest BCUT2D eigenvalue weighted by Crippen LogP contribution is -2.11. The smallest absolute Gasteiger partial charge is 0.166 e.